The van der Waals surface area contributed by atoms with Gasteiger partial charge >= 0.3 is 0 Å². The molecule has 45 heavy (non-hydrogen) atoms. The number of carbonyl (C=O) groups is 4. The largest absolute Gasteiger partial charge is 0.393 e. The van der Waals surface area contributed by atoms with E-state index < -0.39 is 29.7 Å². The van der Waals surface area contributed by atoms with Crippen molar-refractivity contribution in [1.82, 2.24) is 20.5 Å². The Morgan fingerprint density at radius 2 is 1.82 bits per heavy atom. The van der Waals surface area contributed by atoms with E-state index in [2.05, 4.69) is 20.9 Å². The van der Waals surface area contributed by atoms with Crippen LogP contribution in [0.4, 0.5) is 11.5 Å². The summed E-state index contributed by atoms with van der Waals surface area (Å²) < 4.78 is 0. The third kappa shape index (κ3) is 6.60. The Morgan fingerprint density at radius 3 is 2.58 bits per heavy atom. The zero-order valence-corrected chi connectivity index (χ0v) is 25.1. The molecule has 2 saturated heterocycles. The number of amides is 4. The van der Waals surface area contributed by atoms with Crippen LogP contribution in [0.2, 0.25) is 0 Å². The lowest BCUT2D eigenvalue weighted by Gasteiger charge is -2.36. The second-order valence-electron chi connectivity index (χ2n) is 12.3. The number of aromatic nitrogens is 1. The summed E-state index contributed by atoms with van der Waals surface area (Å²) in [5, 5.41) is 26.7. The van der Waals surface area contributed by atoms with Crippen molar-refractivity contribution in [3.8, 4) is 0 Å². The van der Waals surface area contributed by atoms with Gasteiger partial charge in [0.1, 0.15) is 11.9 Å². The minimum atomic E-state index is -0.969. The molecule has 0 bridgehead atoms. The molecule has 1 aromatic carbocycles. The highest BCUT2D eigenvalue weighted by atomic mass is 16.3. The van der Waals surface area contributed by atoms with Crippen LogP contribution in [0, 0.1) is 11.3 Å². The van der Waals surface area contributed by atoms with Crippen molar-refractivity contribution >= 4 is 46.9 Å². The van der Waals surface area contributed by atoms with E-state index in [4.69, 9.17) is 10.4 Å². The zero-order valence-electron chi connectivity index (χ0n) is 25.1. The third-order valence-corrected chi connectivity index (χ3v) is 9.24. The van der Waals surface area contributed by atoms with E-state index in [1.807, 2.05) is 24.4 Å². The molecule has 12 heteroatoms. The van der Waals surface area contributed by atoms with Crippen molar-refractivity contribution in [1.29, 1.82) is 5.41 Å². The molecule has 1 aromatic heterocycles. The number of piperidine rings is 2. The summed E-state index contributed by atoms with van der Waals surface area (Å²) in [6.07, 6.45) is 8.81. The van der Waals surface area contributed by atoms with Gasteiger partial charge in [-0.15, -0.1) is 0 Å². The van der Waals surface area contributed by atoms with E-state index in [-0.39, 0.29) is 30.1 Å². The number of nitrogens with one attached hydrogen (secondary N) is 4. The topological polar surface area (TPSA) is 168 Å². The van der Waals surface area contributed by atoms with Crippen LogP contribution in [0.5, 0.6) is 0 Å². The molecule has 5 N–H and O–H groups in total. The fourth-order valence-corrected chi connectivity index (χ4v) is 6.56. The Morgan fingerprint density at radius 1 is 1.04 bits per heavy atom. The van der Waals surface area contributed by atoms with Crippen LogP contribution in [0.15, 0.2) is 42.6 Å². The summed E-state index contributed by atoms with van der Waals surface area (Å²) in [4.78, 5) is 57.6. The van der Waals surface area contributed by atoms with Gasteiger partial charge < -0.3 is 26.0 Å². The molecule has 236 valence electrons. The van der Waals surface area contributed by atoms with Gasteiger partial charge in [0.15, 0.2) is 0 Å². The third-order valence-electron chi connectivity index (χ3n) is 9.24. The lowest BCUT2D eigenvalue weighted by atomic mass is 9.77. The molecule has 4 aliphatic rings. The molecule has 1 aliphatic carbocycles. The molecule has 1 saturated carbocycles. The van der Waals surface area contributed by atoms with Crippen molar-refractivity contribution in [3.63, 3.8) is 0 Å². The SMILES string of the molecule is N=C/C(=C\NC1CC(CCCNc2ccc3c(c2)C(=O)N(C2CCC(=O)NC2=O)C3=O)C1)c1cccc(N2CCC(O)CC2)n1. The Hall–Kier alpha value is -4.58. The highest BCUT2D eigenvalue weighted by molar-refractivity contribution is 6.23. The molecule has 4 amide bonds. The summed E-state index contributed by atoms with van der Waals surface area (Å²) in [6.45, 7) is 2.28. The summed E-state index contributed by atoms with van der Waals surface area (Å²) >= 11 is 0. The first-order valence-electron chi connectivity index (χ1n) is 15.8. The Balaban J connectivity index is 0.936. The number of rotatable bonds is 11. The number of allylic oxidation sites excluding steroid dienone is 1. The number of benzene rings is 1. The molecule has 3 aliphatic heterocycles. The van der Waals surface area contributed by atoms with Crippen LogP contribution >= 0.6 is 0 Å². The van der Waals surface area contributed by atoms with E-state index >= 15 is 0 Å². The number of aliphatic hydroxyl groups excluding tert-OH is 1. The average molecular weight is 614 g/mol. The molecule has 1 atom stereocenters. The molecule has 2 aromatic rings. The summed E-state index contributed by atoms with van der Waals surface area (Å²) in [5.41, 5.74) is 2.77. The minimum Gasteiger partial charge on any atom is -0.393 e. The first-order valence-corrected chi connectivity index (χ1v) is 15.8. The Kier molecular flexibility index (Phi) is 8.92. The van der Waals surface area contributed by atoms with Crippen LogP contribution in [-0.2, 0) is 9.59 Å². The zero-order chi connectivity index (χ0) is 31.5. The highest BCUT2D eigenvalue weighted by Gasteiger charge is 2.44. The van der Waals surface area contributed by atoms with Crippen molar-refractivity contribution in [3.05, 3.63) is 59.4 Å². The van der Waals surface area contributed by atoms with Gasteiger partial charge in [-0.2, -0.15) is 0 Å². The molecule has 3 fully saturated rings. The number of aliphatic hydroxyl groups is 1. The van der Waals surface area contributed by atoms with Crippen molar-refractivity contribution in [2.24, 2.45) is 5.92 Å². The Bertz CT molecular complexity index is 1530. The quantitative estimate of drug-likeness (QED) is 0.145. The van der Waals surface area contributed by atoms with Crippen molar-refractivity contribution < 1.29 is 24.3 Å². The van der Waals surface area contributed by atoms with E-state index in [0.717, 1.165) is 85.8 Å². The standard InChI is InChI=1S/C33H39N7O5/c34-18-21(27-4-1-5-29(37-27)39-13-10-24(41)11-14-39)19-36-23-15-20(16-23)3-2-12-35-22-6-7-25-26(17-22)33(45)40(32(25)44)28-8-9-30(42)38-31(28)43/h1,4-7,17-20,23-24,28,34-36,41H,2-3,8-16H2,(H,38,42,43)/b21-19+,34-18?. The lowest BCUT2D eigenvalue weighted by molar-refractivity contribution is -0.136. The van der Waals surface area contributed by atoms with E-state index in [1.54, 1.807) is 18.2 Å². The molecule has 12 nitrogen and oxygen atoms in total. The monoisotopic (exact) mass is 613 g/mol. The second-order valence-corrected chi connectivity index (χ2v) is 12.3. The fourth-order valence-electron chi connectivity index (χ4n) is 6.56. The highest BCUT2D eigenvalue weighted by Crippen LogP contribution is 2.32. The summed E-state index contributed by atoms with van der Waals surface area (Å²) in [5.74, 6) is -0.538. The van der Waals surface area contributed by atoms with Gasteiger partial charge in [-0.05, 0) is 81.2 Å². The van der Waals surface area contributed by atoms with Crippen LogP contribution < -0.4 is 20.9 Å². The number of hydrogen-bond donors (Lipinski definition) is 5. The number of anilines is 2. The molecule has 6 rings (SSSR count). The van der Waals surface area contributed by atoms with E-state index in [9.17, 15) is 24.3 Å². The number of carbonyl (C=O) groups excluding carboxylic acids is 4. The first-order chi connectivity index (χ1) is 21.8. The fraction of sp³-hybridized carbons (Fsp3) is 0.455. The van der Waals surface area contributed by atoms with Gasteiger partial charge in [0.2, 0.25) is 11.8 Å². The van der Waals surface area contributed by atoms with E-state index in [1.165, 1.54) is 6.21 Å². The van der Waals surface area contributed by atoms with E-state index in [0.29, 0.717) is 12.0 Å². The average Bonchev–Trinajstić information content (AvgIpc) is 3.26. The maximum atomic E-state index is 13.0. The lowest BCUT2D eigenvalue weighted by Crippen LogP contribution is -2.54. The molecular weight excluding hydrogens is 574 g/mol. The smallest absolute Gasteiger partial charge is 0.262 e. The van der Waals surface area contributed by atoms with Crippen LogP contribution in [-0.4, -0.2) is 82.7 Å². The summed E-state index contributed by atoms with van der Waals surface area (Å²) in [7, 11) is 0. The maximum Gasteiger partial charge on any atom is 0.262 e. The minimum absolute atomic E-state index is 0.0917. The number of imide groups is 2. The Labute approximate surface area is 261 Å². The van der Waals surface area contributed by atoms with Crippen LogP contribution in [0.25, 0.3) is 5.57 Å². The van der Waals surface area contributed by atoms with Crippen LogP contribution in [0.3, 0.4) is 0 Å². The molecular formula is C33H39N7O5. The van der Waals surface area contributed by atoms with Crippen molar-refractivity contribution in [2.45, 2.75) is 69.6 Å². The van der Waals surface area contributed by atoms with Gasteiger partial charge in [-0.1, -0.05) is 6.07 Å². The van der Waals surface area contributed by atoms with Crippen molar-refractivity contribution in [2.75, 3.05) is 29.9 Å². The first kappa shape index (κ1) is 30.4. The normalized spacial score (nSPS) is 23.8. The maximum absolute atomic E-state index is 13.0. The summed E-state index contributed by atoms with van der Waals surface area (Å²) in [6, 6.07) is 10.3. The van der Waals surface area contributed by atoms with Crippen LogP contribution in [0.1, 0.15) is 77.8 Å². The van der Waals surface area contributed by atoms with Gasteiger partial charge in [0.05, 0.1) is 22.9 Å². The molecule has 0 radical (unpaired) electrons. The second kappa shape index (κ2) is 13.2. The molecule has 1 unspecified atom stereocenters. The predicted molar refractivity (Wildman–Crippen MR) is 169 cm³/mol. The van der Waals surface area contributed by atoms with Gasteiger partial charge in [-0.3, -0.25) is 29.4 Å². The predicted octanol–water partition coefficient (Wildman–Crippen LogP) is 2.69. The number of hydrogen-bond acceptors (Lipinski definition) is 10. The number of nitrogens with zero attached hydrogens (tertiary/aromatic N) is 3. The van der Waals surface area contributed by atoms with Gasteiger partial charge in [-0.25, -0.2) is 4.98 Å². The van der Waals surface area contributed by atoms with Gasteiger partial charge in [0.25, 0.3) is 11.8 Å². The number of pyridine rings is 1. The van der Waals surface area contributed by atoms with Gasteiger partial charge in [0, 0.05) is 55.8 Å². The molecule has 4 heterocycles. The number of fused-ring (bicyclic) bond motifs is 1. The molecule has 0 spiro atoms.